The van der Waals surface area contributed by atoms with Gasteiger partial charge in [0.1, 0.15) is 0 Å². The van der Waals surface area contributed by atoms with Gasteiger partial charge in [0.05, 0.1) is 12.6 Å². The Morgan fingerprint density at radius 1 is 1.44 bits per heavy atom. The van der Waals surface area contributed by atoms with E-state index < -0.39 is 0 Å². The van der Waals surface area contributed by atoms with Crippen LogP contribution in [0.25, 0.3) is 0 Å². The Hall–Kier alpha value is -1.78. The average Bonchev–Trinajstić information content (AvgIpc) is 2.85. The zero-order chi connectivity index (χ0) is 13.1. The van der Waals surface area contributed by atoms with Crippen molar-refractivity contribution in [1.29, 1.82) is 0 Å². The Morgan fingerprint density at radius 3 is 2.94 bits per heavy atom. The summed E-state index contributed by atoms with van der Waals surface area (Å²) in [4.78, 5) is 25.0. The standard InChI is InChI=1S/C13H19N3O2/c1-3-12(17)14-9-13(18)16-8-7-15-6-4-5-11(15)10(16)2/h4-6,10H,3,7-9H2,1-2H3,(H,14,17)/t10-/m1/s1. The number of aromatic nitrogens is 1. The quantitative estimate of drug-likeness (QED) is 0.866. The van der Waals surface area contributed by atoms with Gasteiger partial charge in [-0.15, -0.1) is 0 Å². The van der Waals surface area contributed by atoms with E-state index in [0.717, 1.165) is 12.2 Å². The van der Waals surface area contributed by atoms with E-state index in [1.807, 2.05) is 30.2 Å². The van der Waals surface area contributed by atoms with Crippen molar-refractivity contribution in [3.8, 4) is 0 Å². The smallest absolute Gasteiger partial charge is 0.242 e. The van der Waals surface area contributed by atoms with Gasteiger partial charge in [-0.05, 0) is 19.1 Å². The third-order valence-corrected chi connectivity index (χ3v) is 3.42. The predicted octanol–water partition coefficient (Wildman–Crippen LogP) is 0.917. The summed E-state index contributed by atoms with van der Waals surface area (Å²) in [5.74, 6) is -0.104. The van der Waals surface area contributed by atoms with Crippen molar-refractivity contribution in [1.82, 2.24) is 14.8 Å². The number of amides is 2. The molecule has 2 amide bonds. The molecule has 0 bridgehead atoms. The summed E-state index contributed by atoms with van der Waals surface area (Å²) in [6.07, 6.45) is 2.44. The minimum absolute atomic E-state index is 0.0169. The van der Waals surface area contributed by atoms with Crippen molar-refractivity contribution in [3.05, 3.63) is 24.0 Å². The summed E-state index contributed by atoms with van der Waals surface area (Å²) in [7, 11) is 0. The number of nitrogens with one attached hydrogen (secondary N) is 1. The molecule has 1 aliphatic heterocycles. The second-order valence-corrected chi connectivity index (χ2v) is 4.52. The van der Waals surface area contributed by atoms with Crippen LogP contribution in [0.15, 0.2) is 18.3 Å². The van der Waals surface area contributed by atoms with Gasteiger partial charge in [-0.25, -0.2) is 0 Å². The summed E-state index contributed by atoms with van der Waals surface area (Å²) in [6, 6.07) is 4.10. The second kappa shape index (κ2) is 5.25. The fourth-order valence-corrected chi connectivity index (χ4v) is 2.32. The topological polar surface area (TPSA) is 54.3 Å². The first-order valence-electron chi connectivity index (χ1n) is 6.34. The van der Waals surface area contributed by atoms with Gasteiger partial charge in [0.15, 0.2) is 0 Å². The Labute approximate surface area is 107 Å². The maximum Gasteiger partial charge on any atom is 0.242 e. The lowest BCUT2D eigenvalue weighted by molar-refractivity contribution is -0.135. The van der Waals surface area contributed by atoms with E-state index in [9.17, 15) is 9.59 Å². The molecule has 1 atom stereocenters. The lowest BCUT2D eigenvalue weighted by Crippen LogP contribution is -2.45. The van der Waals surface area contributed by atoms with E-state index in [2.05, 4.69) is 9.88 Å². The Bertz CT molecular complexity index is 453. The number of hydrogen-bond donors (Lipinski definition) is 1. The van der Waals surface area contributed by atoms with E-state index in [1.165, 1.54) is 0 Å². The molecule has 0 saturated carbocycles. The lowest BCUT2D eigenvalue weighted by Gasteiger charge is -2.35. The molecule has 2 heterocycles. The summed E-state index contributed by atoms with van der Waals surface area (Å²) >= 11 is 0. The maximum absolute atomic E-state index is 12.1. The van der Waals surface area contributed by atoms with Crippen molar-refractivity contribution in [2.24, 2.45) is 0 Å². The molecule has 0 aromatic carbocycles. The second-order valence-electron chi connectivity index (χ2n) is 4.52. The molecule has 0 aliphatic carbocycles. The highest BCUT2D eigenvalue weighted by Crippen LogP contribution is 2.24. The summed E-state index contributed by atoms with van der Waals surface area (Å²) in [5, 5.41) is 2.63. The molecule has 0 radical (unpaired) electrons. The first-order valence-corrected chi connectivity index (χ1v) is 6.34. The minimum Gasteiger partial charge on any atom is -0.348 e. The number of hydrogen-bond acceptors (Lipinski definition) is 2. The highest BCUT2D eigenvalue weighted by atomic mass is 16.2. The Morgan fingerprint density at radius 2 is 2.22 bits per heavy atom. The molecule has 2 rings (SSSR count). The van der Waals surface area contributed by atoms with Gasteiger partial charge in [0.25, 0.3) is 0 Å². The number of fused-ring (bicyclic) bond motifs is 1. The van der Waals surface area contributed by atoms with Crippen LogP contribution in [0.4, 0.5) is 0 Å². The van der Waals surface area contributed by atoms with Crippen molar-refractivity contribution in [2.45, 2.75) is 32.9 Å². The number of nitrogens with zero attached hydrogens (tertiary/aromatic N) is 2. The summed E-state index contributed by atoms with van der Waals surface area (Å²) in [6.45, 7) is 5.41. The zero-order valence-corrected chi connectivity index (χ0v) is 10.8. The summed E-state index contributed by atoms with van der Waals surface area (Å²) < 4.78 is 2.17. The van der Waals surface area contributed by atoms with E-state index in [1.54, 1.807) is 6.92 Å². The molecule has 1 aromatic rings. The van der Waals surface area contributed by atoms with E-state index in [4.69, 9.17) is 0 Å². The first kappa shape index (κ1) is 12.7. The third kappa shape index (κ3) is 2.39. The van der Waals surface area contributed by atoms with Crippen molar-refractivity contribution in [2.75, 3.05) is 13.1 Å². The molecular weight excluding hydrogens is 230 g/mol. The summed E-state index contributed by atoms with van der Waals surface area (Å²) in [5.41, 5.74) is 1.15. The van der Waals surface area contributed by atoms with Crippen LogP contribution >= 0.6 is 0 Å². The van der Waals surface area contributed by atoms with Gasteiger partial charge >= 0.3 is 0 Å². The average molecular weight is 249 g/mol. The van der Waals surface area contributed by atoms with E-state index >= 15 is 0 Å². The van der Waals surface area contributed by atoms with Crippen molar-refractivity contribution >= 4 is 11.8 Å². The van der Waals surface area contributed by atoms with E-state index in [0.29, 0.717) is 13.0 Å². The first-order chi connectivity index (χ1) is 8.63. The Kier molecular flexibility index (Phi) is 3.69. The molecule has 5 nitrogen and oxygen atoms in total. The maximum atomic E-state index is 12.1. The fourth-order valence-electron chi connectivity index (χ4n) is 2.32. The largest absolute Gasteiger partial charge is 0.348 e. The van der Waals surface area contributed by atoms with Gasteiger partial charge in [0, 0.05) is 31.4 Å². The highest BCUT2D eigenvalue weighted by Gasteiger charge is 2.27. The molecule has 0 unspecified atom stereocenters. The SMILES string of the molecule is CCC(=O)NCC(=O)N1CCn2cccc2[C@H]1C. The molecule has 0 spiro atoms. The van der Waals surface area contributed by atoms with E-state index in [-0.39, 0.29) is 24.4 Å². The van der Waals surface area contributed by atoms with Gasteiger partial charge in [0.2, 0.25) is 11.8 Å². The molecule has 1 aliphatic rings. The Balaban J connectivity index is 1.98. The van der Waals surface area contributed by atoms with Crippen LogP contribution in [-0.4, -0.2) is 34.4 Å². The van der Waals surface area contributed by atoms with Gasteiger partial charge < -0.3 is 14.8 Å². The molecule has 1 aromatic heterocycles. The van der Waals surface area contributed by atoms with Crippen molar-refractivity contribution < 1.29 is 9.59 Å². The van der Waals surface area contributed by atoms with Crippen LogP contribution in [0.1, 0.15) is 32.0 Å². The third-order valence-electron chi connectivity index (χ3n) is 3.42. The van der Waals surface area contributed by atoms with Gasteiger partial charge in [-0.3, -0.25) is 9.59 Å². The number of carbonyl (C=O) groups is 2. The lowest BCUT2D eigenvalue weighted by atomic mass is 10.1. The molecule has 5 heteroatoms. The fraction of sp³-hybridized carbons (Fsp3) is 0.538. The van der Waals surface area contributed by atoms with Crippen LogP contribution in [-0.2, 0) is 16.1 Å². The molecular formula is C13H19N3O2. The highest BCUT2D eigenvalue weighted by molar-refractivity contribution is 5.84. The molecule has 98 valence electrons. The monoisotopic (exact) mass is 249 g/mol. The minimum atomic E-state index is -0.0867. The van der Waals surface area contributed by atoms with Gasteiger partial charge in [-0.1, -0.05) is 6.92 Å². The van der Waals surface area contributed by atoms with Crippen LogP contribution in [0.2, 0.25) is 0 Å². The van der Waals surface area contributed by atoms with Crippen LogP contribution < -0.4 is 5.32 Å². The molecule has 0 saturated heterocycles. The number of carbonyl (C=O) groups excluding carboxylic acids is 2. The normalized spacial score (nSPS) is 18.3. The van der Waals surface area contributed by atoms with Crippen molar-refractivity contribution in [3.63, 3.8) is 0 Å². The molecule has 1 N–H and O–H groups in total. The van der Waals surface area contributed by atoms with Crippen LogP contribution in [0.5, 0.6) is 0 Å². The molecule has 18 heavy (non-hydrogen) atoms. The number of rotatable bonds is 3. The van der Waals surface area contributed by atoms with Crippen LogP contribution in [0, 0.1) is 0 Å². The van der Waals surface area contributed by atoms with Gasteiger partial charge in [-0.2, -0.15) is 0 Å². The zero-order valence-electron chi connectivity index (χ0n) is 10.8. The molecule has 0 fully saturated rings. The van der Waals surface area contributed by atoms with Crippen LogP contribution in [0.3, 0.4) is 0 Å². The predicted molar refractivity (Wildman–Crippen MR) is 67.9 cm³/mol.